The molecule has 0 aromatic rings. The first-order valence-electron chi connectivity index (χ1n) is 17.4. The summed E-state index contributed by atoms with van der Waals surface area (Å²) in [6.45, 7) is 14.4. The van der Waals surface area contributed by atoms with Crippen molar-refractivity contribution in [1.82, 2.24) is 14.7 Å². The number of cyclic esters (lactones) is 1. The number of carbonyl (C=O) groups excluding carboxylic acids is 2. The van der Waals surface area contributed by atoms with Gasteiger partial charge in [-0.15, -0.1) is 0 Å². The van der Waals surface area contributed by atoms with Crippen LogP contribution in [0.4, 0.5) is 0 Å². The van der Waals surface area contributed by atoms with Crippen molar-refractivity contribution in [3.8, 4) is 0 Å². The van der Waals surface area contributed by atoms with Gasteiger partial charge in [0, 0.05) is 56.7 Å². The standard InChI is InChI=1S/C35H63N3O7/c1-22-17-35(6,42-10)31(45-32-29(39)27(36(7)8)16-23(2)44-32)24(3)30(40)34(4,5)33(41)43-21-28(37(9)18-22)25-19-38(20-25)26-14-12-11-13-15-26/h22-29,31-32,39H,11-21H2,1-10H3/t22-,23-,24+,27+,28+,29-,31-,32+,35-/m1/s1. The Morgan fingerprint density at radius 3 is 2.24 bits per heavy atom. The van der Waals surface area contributed by atoms with Crippen molar-refractivity contribution in [1.29, 1.82) is 0 Å². The number of hydrogen-bond donors (Lipinski definition) is 1. The molecule has 1 aliphatic carbocycles. The smallest absolute Gasteiger partial charge is 0.319 e. The van der Waals surface area contributed by atoms with Crippen molar-refractivity contribution in [3.63, 3.8) is 0 Å². The molecule has 3 saturated heterocycles. The maximum Gasteiger partial charge on any atom is 0.319 e. The topological polar surface area (TPSA) is 101 Å². The predicted molar refractivity (Wildman–Crippen MR) is 174 cm³/mol. The normalized spacial score (nSPS) is 40.7. The van der Waals surface area contributed by atoms with E-state index in [0.717, 1.165) is 19.6 Å². The second-order valence-electron chi connectivity index (χ2n) is 15.8. The van der Waals surface area contributed by atoms with E-state index in [2.05, 4.69) is 23.8 Å². The lowest BCUT2D eigenvalue weighted by atomic mass is 9.74. The number of likely N-dealkylation sites (N-methyl/N-ethyl adjacent to an activating group) is 2. The fourth-order valence-electron chi connectivity index (χ4n) is 8.60. The van der Waals surface area contributed by atoms with Crippen molar-refractivity contribution in [2.45, 2.75) is 135 Å². The van der Waals surface area contributed by atoms with Crippen LogP contribution in [0.3, 0.4) is 0 Å². The average molecular weight is 638 g/mol. The van der Waals surface area contributed by atoms with Crippen LogP contribution in [-0.4, -0.2) is 134 Å². The third-order valence-corrected chi connectivity index (χ3v) is 11.5. The molecular weight excluding hydrogens is 574 g/mol. The highest BCUT2D eigenvalue weighted by Gasteiger charge is 2.52. The molecule has 0 aromatic carbocycles. The number of likely N-dealkylation sites (tertiary alicyclic amines) is 1. The van der Waals surface area contributed by atoms with E-state index in [4.69, 9.17) is 18.9 Å². The van der Waals surface area contributed by atoms with E-state index in [1.807, 2.05) is 32.8 Å². The lowest BCUT2D eigenvalue weighted by Gasteiger charge is -2.50. The Labute approximate surface area is 272 Å². The van der Waals surface area contributed by atoms with Crippen molar-refractivity contribution in [3.05, 3.63) is 0 Å². The minimum absolute atomic E-state index is 0.0661. The summed E-state index contributed by atoms with van der Waals surface area (Å²) in [5.74, 6) is -0.934. The Bertz CT molecular complexity index is 998. The molecule has 9 atom stereocenters. The molecule has 0 spiro atoms. The average Bonchev–Trinajstić information content (AvgIpc) is 2.96. The molecular formula is C35H63N3O7. The van der Waals surface area contributed by atoms with E-state index in [0.29, 0.717) is 24.8 Å². The van der Waals surface area contributed by atoms with Gasteiger partial charge in [-0.1, -0.05) is 33.1 Å². The maximum atomic E-state index is 14.2. The number of nitrogens with zero attached hydrogens (tertiary/aromatic N) is 3. The summed E-state index contributed by atoms with van der Waals surface area (Å²) in [4.78, 5) is 34.9. The second-order valence-corrected chi connectivity index (χ2v) is 15.8. The fourth-order valence-corrected chi connectivity index (χ4v) is 8.60. The minimum Gasteiger partial charge on any atom is -0.463 e. The molecule has 3 aliphatic heterocycles. The number of hydrogen-bond acceptors (Lipinski definition) is 10. The highest BCUT2D eigenvalue weighted by atomic mass is 16.7. The van der Waals surface area contributed by atoms with Gasteiger partial charge < -0.3 is 29.0 Å². The van der Waals surface area contributed by atoms with Gasteiger partial charge in [0.2, 0.25) is 0 Å². The predicted octanol–water partition coefficient (Wildman–Crippen LogP) is 3.58. The van der Waals surface area contributed by atoms with E-state index in [1.54, 1.807) is 27.9 Å². The summed E-state index contributed by atoms with van der Waals surface area (Å²) in [5, 5.41) is 11.3. The van der Waals surface area contributed by atoms with Crippen molar-refractivity contribution < 1.29 is 33.6 Å². The van der Waals surface area contributed by atoms with Crippen LogP contribution in [0.2, 0.25) is 0 Å². The molecule has 0 unspecified atom stereocenters. The van der Waals surface area contributed by atoms with Crippen LogP contribution in [0.5, 0.6) is 0 Å². The van der Waals surface area contributed by atoms with Gasteiger partial charge in [-0.3, -0.25) is 19.4 Å². The summed E-state index contributed by atoms with van der Waals surface area (Å²) in [5.41, 5.74) is -2.29. The maximum absolute atomic E-state index is 14.2. The van der Waals surface area contributed by atoms with Crippen LogP contribution in [0.1, 0.15) is 86.5 Å². The van der Waals surface area contributed by atoms with Gasteiger partial charge in [-0.05, 0) is 80.4 Å². The van der Waals surface area contributed by atoms with Gasteiger partial charge in [0.15, 0.2) is 12.1 Å². The largest absolute Gasteiger partial charge is 0.463 e. The number of methoxy groups -OCH3 is 1. The number of ketones is 1. The number of Topliss-reactive ketones (excluding diaryl/α,β-unsaturated/α-hetero) is 1. The molecule has 1 N–H and O–H groups in total. The second kappa shape index (κ2) is 15.0. The van der Waals surface area contributed by atoms with Gasteiger partial charge in [-0.25, -0.2) is 0 Å². The Kier molecular flexibility index (Phi) is 12.2. The molecule has 1 saturated carbocycles. The number of ether oxygens (including phenoxy) is 4. The van der Waals surface area contributed by atoms with Gasteiger partial charge in [0.05, 0.1) is 17.8 Å². The van der Waals surface area contributed by atoms with E-state index in [-0.39, 0.29) is 36.5 Å². The highest BCUT2D eigenvalue weighted by molar-refractivity contribution is 6.04. The van der Waals surface area contributed by atoms with Gasteiger partial charge >= 0.3 is 5.97 Å². The Balaban J connectivity index is 1.60. The lowest BCUT2D eigenvalue weighted by Crippen LogP contribution is -2.61. The molecule has 4 rings (SSSR count). The molecule has 10 nitrogen and oxygen atoms in total. The summed E-state index contributed by atoms with van der Waals surface area (Å²) in [6, 6.07) is 0.581. The van der Waals surface area contributed by atoms with Gasteiger partial charge in [-0.2, -0.15) is 0 Å². The number of esters is 1. The summed E-state index contributed by atoms with van der Waals surface area (Å²) >= 11 is 0. The fraction of sp³-hybridized carbons (Fsp3) is 0.943. The first-order chi connectivity index (χ1) is 21.1. The van der Waals surface area contributed by atoms with Crippen LogP contribution in [0.25, 0.3) is 0 Å². The molecule has 0 radical (unpaired) electrons. The molecule has 260 valence electrons. The Morgan fingerprint density at radius 2 is 1.64 bits per heavy atom. The van der Waals surface area contributed by atoms with Gasteiger partial charge in [0.25, 0.3) is 0 Å². The Hall–Kier alpha value is -1.14. The zero-order valence-corrected chi connectivity index (χ0v) is 29.8. The van der Waals surface area contributed by atoms with Crippen molar-refractivity contribution in [2.24, 2.45) is 23.2 Å². The molecule has 0 bridgehead atoms. The lowest BCUT2D eigenvalue weighted by molar-refractivity contribution is -0.295. The zero-order chi connectivity index (χ0) is 33.3. The van der Waals surface area contributed by atoms with Crippen LogP contribution in [-0.2, 0) is 28.5 Å². The number of carbonyl (C=O) groups is 2. The number of aliphatic hydroxyl groups excluding tert-OH is 1. The molecule has 0 aromatic heterocycles. The molecule has 0 amide bonds. The summed E-state index contributed by atoms with van der Waals surface area (Å²) < 4.78 is 25.1. The number of rotatable bonds is 6. The molecule has 10 heteroatoms. The van der Waals surface area contributed by atoms with Crippen LogP contribution >= 0.6 is 0 Å². The van der Waals surface area contributed by atoms with Crippen LogP contribution in [0.15, 0.2) is 0 Å². The molecule has 4 fully saturated rings. The SMILES string of the molecule is CO[C@]1(C)C[C@@H](C)CN(C)[C@H](C2CN(C3CCCCC3)C2)COC(=O)C(C)(C)C(=O)[C@H](C)[C@H]1O[C@@H]1O[C@H](C)C[C@H](N(C)C)[C@H]1O. The third-order valence-electron chi connectivity index (χ3n) is 11.5. The van der Waals surface area contributed by atoms with Gasteiger partial charge in [0.1, 0.15) is 18.1 Å². The monoisotopic (exact) mass is 637 g/mol. The van der Waals surface area contributed by atoms with E-state index in [1.165, 1.54) is 32.1 Å². The summed E-state index contributed by atoms with van der Waals surface area (Å²) in [7, 11) is 7.65. The third kappa shape index (κ3) is 8.12. The zero-order valence-electron chi connectivity index (χ0n) is 29.8. The number of aliphatic hydroxyl groups is 1. The minimum atomic E-state index is -1.39. The van der Waals surface area contributed by atoms with Crippen LogP contribution in [0, 0.1) is 23.2 Å². The van der Waals surface area contributed by atoms with E-state index in [9.17, 15) is 14.7 Å². The van der Waals surface area contributed by atoms with Crippen molar-refractivity contribution in [2.75, 3.05) is 54.5 Å². The van der Waals surface area contributed by atoms with E-state index < -0.39 is 41.4 Å². The Morgan fingerprint density at radius 1 is 1.00 bits per heavy atom. The highest BCUT2D eigenvalue weighted by Crippen LogP contribution is 2.39. The first-order valence-corrected chi connectivity index (χ1v) is 17.4. The molecule has 45 heavy (non-hydrogen) atoms. The summed E-state index contributed by atoms with van der Waals surface area (Å²) in [6.07, 6.45) is 5.03. The van der Waals surface area contributed by atoms with E-state index >= 15 is 0 Å². The van der Waals surface area contributed by atoms with Crippen LogP contribution < -0.4 is 0 Å². The quantitative estimate of drug-likeness (QED) is 0.344. The first kappa shape index (κ1) is 36.7. The molecule has 3 heterocycles. The van der Waals surface area contributed by atoms with Crippen molar-refractivity contribution >= 4 is 11.8 Å². The molecule has 4 aliphatic rings.